The van der Waals surface area contributed by atoms with E-state index in [2.05, 4.69) is 22.1 Å². The molecule has 2 unspecified atom stereocenters. The number of hydrogen-bond acceptors (Lipinski definition) is 4. The highest BCUT2D eigenvalue weighted by Gasteiger charge is 2.32. The van der Waals surface area contributed by atoms with Crippen molar-refractivity contribution >= 4 is 5.96 Å². The van der Waals surface area contributed by atoms with Crippen molar-refractivity contribution in [3.05, 3.63) is 0 Å². The Morgan fingerprint density at radius 1 is 1.22 bits per heavy atom. The highest BCUT2D eigenvalue weighted by molar-refractivity contribution is 5.80. The Morgan fingerprint density at radius 3 is 2.78 bits per heavy atom. The van der Waals surface area contributed by atoms with Crippen LogP contribution in [0.5, 0.6) is 0 Å². The topological polar surface area (TPSA) is 55.3 Å². The van der Waals surface area contributed by atoms with Crippen molar-refractivity contribution in [2.24, 2.45) is 4.99 Å². The van der Waals surface area contributed by atoms with E-state index in [-0.39, 0.29) is 12.2 Å². The Morgan fingerprint density at radius 2 is 2.04 bits per heavy atom. The van der Waals surface area contributed by atoms with Crippen LogP contribution in [0.1, 0.15) is 39.0 Å². The van der Waals surface area contributed by atoms with E-state index in [1.807, 2.05) is 7.05 Å². The third kappa shape index (κ3) is 6.28. The van der Waals surface area contributed by atoms with Crippen LogP contribution < -0.4 is 5.32 Å². The van der Waals surface area contributed by atoms with Gasteiger partial charge in [0.1, 0.15) is 6.10 Å². The number of guanidine groups is 1. The first-order valence-corrected chi connectivity index (χ1v) is 9.11. The van der Waals surface area contributed by atoms with Gasteiger partial charge in [0.05, 0.1) is 12.7 Å². The molecule has 2 atom stereocenters. The van der Waals surface area contributed by atoms with Crippen molar-refractivity contribution in [2.45, 2.75) is 51.2 Å². The second-order valence-electron chi connectivity index (χ2n) is 6.20. The third-order valence-electron chi connectivity index (χ3n) is 4.38. The van der Waals surface area contributed by atoms with Crippen molar-refractivity contribution in [3.63, 3.8) is 0 Å². The second-order valence-corrected chi connectivity index (χ2v) is 6.20. The van der Waals surface area contributed by atoms with Gasteiger partial charge in [-0.2, -0.15) is 0 Å². The predicted molar refractivity (Wildman–Crippen MR) is 92.0 cm³/mol. The summed E-state index contributed by atoms with van der Waals surface area (Å²) in [5, 5.41) is 3.44. The highest BCUT2D eigenvalue weighted by Crippen LogP contribution is 2.20. The van der Waals surface area contributed by atoms with Crippen LogP contribution in [0.25, 0.3) is 0 Å². The minimum absolute atomic E-state index is 0.169. The molecule has 134 valence electrons. The molecule has 0 amide bonds. The fraction of sp³-hybridized carbons (Fsp3) is 0.941. The van der Waals surface area contributed by atoms with Crippen LogP contribution in [0, 0.1) is 0 Å². The molecule has 0 aromatic rings. The van der Waals surface area contributed by atoms with E-state index in [0.717, 1.165) is 77.7 Å². The molecule has 6 nitrogen and oxygen atoms in total. The SMILES string of the molecule is CCCCOCCCNC(=NC)N1CCOC(C2CCCO2)C1. The average Bonchev–Trinajstić information content (AvgIpc) is 3.12. The van der Waals surface area contributed by atoms with Gasteiger partial charge in [-0.25, -0.2) is 0 Å². The molecule has 0 aliphatic carbocycles. The molecule has 2 fully saturated rings. The number of unbranched alkanes of at least 4 members (excludes halogenated alkanes) is 1. The van der Waals surface area contributed by atoms with E-state index in [9.17, 15) is 0 Å². The molecule has 2 heterocycles. The lowest BCUT2D eigenvalue weighted by atomic mass is 10.1. The standard InChI is InChI=1S/C17H33N3O3/c1-3-4-10-21-11-6-8-19-17(18-2)20-9-13-23-16(14-20)15-7-5-12-22-15/h15-16H,3-14H2,1-2H3,(H,18,19). The summed E-state index contributed by atoms with van der Waals surface area (Å²) in [6, 6.07) is 0. The quantitative estimate of drug-likeness (QED) is 0.417. The van der Waals surface area contributed by atoms with E-state index in [1.54, 1.807) is 0 Å². The summed E-state index contributed by atoms with van der Waals surface area (Å²) < 4.78 is 17.3. The molecular weight excluding hydrogens is 294 g/mol. The summed E-state index contributed by atoms with van der Waals surface area (Å²) in [5.41, 5.74) is 0. The summed E-state index contributed by atoms with van der Waals surface area (Å²) >= 11 is 0. The predicted octanol–water partition coefficient (Wildman–Crippen LogP) is 1.65. The van der Waals surface area contributed by atoms with Crippen molar-refractivity contribution < 1.29 is 14.2 Å². The van der Waals surface area contributed by atoms with Crippen LogP contribution in [0.2, 0.25) is 0 Å². The molecule has 0 spiro atoms. The zero-order valence-electron chi connectivity index (χ0n) is 14.8. The fourth-order valence-corrected chi connectivity index (χ4v) is 3.04. The van der Waals surface area contributed by atoms with Gasteiger partial charge in [0.25, 0.3) is 0 Å². The van der Waals surface area contributed by atoms with Crippen LogP contribution in [0.4, 0.5) is 0 Å². The zero-order valence-corrected chi connectivity index (χ0v) is 14.8. The number of morpholine rings is 1. The van der Waals surface area contributed by atoms with Gasteiger partial charge in [0, 0.05) is 46.5 Å². The van der Waals surface area contributed by atoms with E-state index in [0.29, 0.717) is 0 Å². The Kier molecular flexibility index (Phi) is 8.71. The number of nitrogens with zero attached hydrogens (tertiary/aromatic N) is 2. The summed E-state index contributed by atoms with van der Waals surface area (Å²) in [5.74, 6) is 0.963. The first-order chi connectivity index (χ1) is 11.3. The van der Waals surface area contributed by atoms with E-state index >= 15 is 0 Å². The van der Waals surface area contributed by atoms with Crippen molar-refractivity contribution in [2.75, 3.05) is 53.1 Å². The maximum Gasteiger partial charge on any atom is 0.193 e. The number of ether oxygens (including phenoxy) is 3. The first kappa shape index (κ1) is 18.5. The number of aliphatic imine (C=N–C) groups is 1. The third-order valence-corrected chi connectivity index (χ3v) is 4.38. The fourth-order valence-electron chi connectivity index (χ4n) is 3.04. The lowest BCUT2D eigenvalue weighted by molar-refractivity contribution is -0.0817. The average molecular weight is 327 g/mol. The normalized spacial score (nSPS) is 25.8. The van der Waals surface area contributed by atoms with Crippen LogP contribution in [0.3, 0.4) is 0 Å². The Bertz CT molecular complexity index is 346. The number of nitrogens with one attached hydrogen (secondary N) is 1. The smallest absolute Gasteiger partial charge is 0.193 e. The van der Waals surface area contributed by atoms with Crippen molar-refractivity contribution in [1.82, 2.24) is 10.2 Å². The summed E-state index contributed by atoms with van der Waals surface area (Å²) in [7, 11) is 1.84. The second kappa shape index (κ2) is 10.8. The Balaban J connectivity index is 1.66. The van der Waals surface area contributed by atoms with Crippen LogP contribution >= 0.6 is 0 Å². The summed E-state index contributed by atoms with van der Waals surface area (Å²) in [6.45, 7) is 8.11. The molecule has 0 aromatic heterocycles. The van der Waals surface area contributed by atoms with Gasteiger partial charge in [-0.15, -0.1) is 0 Å². The molecule has 2 saturated heterocycles. The van der Waals surface area contributed by atoms with Gasteiger partial charge in [-0.1, -0.05) is 13.3 Å². The zero-order chi connectivity index (χ0) is 16.3. The summed E-state index contributed by atoms with van der Waals surface area (Å²) in [4.78, 5) is 6.70. The Labute approximate surface area is 140 Å². The van der Waals surface area contributed by atoms with Crippen molar-refractivity contribution in [1.29, 1.82) is 0 Å². The number of hydrogen-bond donors (Lipinski definition) is 1. The highest BCUT2D eigenvalue weighted by atomic mass is 16.5. The lowest BCUT2D eigenvalue weighted by Gasteiger charge is -2.37. The molecule has 2 aliphatic rings. The monoisotopic (exact) mass is 327 g/mol. The van der Waals surface area contributed by atoms with Crippen LogP contribution in [0.15, 0.2) is 4.99 Å². The van der Waals surface area contributed by atoms with Gasteiger partial charge in [-0.3, -0.25) is 4.99 Å². The molecule has 0 radical (unpaired) electrons. The molecular formula is C17H33N3O3. The first-order valence-electron chi connectivity index (χ1n) is 9.11. The largest absolute Gasteiger partial charge is 0.381 e. The van der Waals surface area contributed by atoms with E-state index in [1.165, 1.54) is 6.42 Å². The Hall–Kier alpha value is -0.850. The molecule has 0 saturated carbocycles. The van der Waals surface area contributed by atoms with Gasteiger partial charge >= 0.3 is 0 Å². The maximum absolute atomic E-state index is 5.90. The van der Waals surface area contributed by atoms with Crippen LogP contribution in [-0.2, 0) is 14.2 Å². The molecule has 0 aromatic carbocycles. The molecule has 0 bridgehead atoms. The molecule has 6 heteroatoms. The molecule has 2 aliphatic heterocycles. The minimum Gasteiger partial charge on any atom is -0.381 e. The van der Waals surface area contributed by atoms with E-state index < -0.39 is 0 Å². The number of rotatable bonds is 8. The minimum atomic E-state index is 0.169. The van der Waals surface area contributed by atoms with Crippen molar-refractivity contribution in [3.8, 4) is 0 Å². The van der Waals surface area contributed by atoms with Crippen LogP contribution in [-0.4, -0.2) is 76.2 Å². The lowest BCUT2D eigenvalue weighted by Crippen LogP contribution is -2.53. The summed E-state index contributed by atoms with van der Waals surface area (Å²) in [6.07, 6.45) is 6.02. The molecule has 23 heavy (non-hydrogen) atoms. The van der Waals surface area contributed by atoms with Gasteiger partial charge in [0.15, 0.2) is 5.96 Å². The van der Waals surface area contributed by atoms with E-state index in [4.69, 9.17) is 14.2 Å². The molecule has 2 rings (SSSR count). The van der Waals surface area contributed by atoms with Gasteiger partial charge < -0.3 is 24.4 Å². The maximum atomic E-state index is 5.90. The van der Waals surface area contributed by atoms with Gasteiger partial charge in [-0.05, 0) is 25.7 Å². The molecule has 1 N–H and O–H groups in total. The van der Waals surface area contributed by atoms with Gasteiger partial charge in [0.2, 0.25) is 0 Å².